The maximum Gasteiger partial charge on any atom is 0.408 e. The molecule has 0 saturated carbocycles. The summed E-state index contributed by atoms with van der Waals surface area (Å²) in [6, 6.07) is 1.74. The van der Waals surface area contributed by atoms with Gasteiger partial charge in [-0.15, -0.1) is 0 Å². The minimum Gasteiger partial charge on any atom is -0.444 e. The van der Waals surface area contributed by atoms with E-state index in [0.717, 1.165) is 36.8 Å². The smallest absolute Gasteiger partial charge is 0.408 e. The summed E-state index contributed by atoms with van der Waals surface area (Å²) in [7, 11) is 0. The van der Waals surface area contributed by atoms with Crippen LogP contribution in [0.25, 0.3) is 0 Å². The Morgan fingerprint density at radius 3 is 2.68 bits per heavy atom. The highest BCUT2D eigenvalue weighted by atomic mass is 16.6. The highest BCUT2D eigenvalue weighted by molar-refractivity contribution is 5.92. The van der Waals surface area contributed by atoms with Crippen LogP contribution in [0.5, 0.6) is 0 Å². The molecule has 5 nitrogen and oxygen atoms in total. The van der Waals surface area contributed by atoms with Gasteiger partial charge in [-0.3, -0.25) is 9.78 Å². The van der Waals surface area contributed by atoms with E-state index in [1.54, 1.807) is 6.20 Å². The number of ketones is 1. The standard InChI is InChI=1S/C17H24N2O3/c1-11(20)15-9-12-7-5-6-8-14(13(12)10-18-15)19-16(21)22-17(2,3)4/h9-10,14H,5-8H2,1-4H3,(H,19,21). The van der Waals surface area contributed by atoms with Crippen molar-refractivity contribution in [2.75, 3.05) is 0 Å². The molecule has 0 aliphatic heterocycles. The van der Waals surface area contributed by atoms with Gasteiger partial charge in [-0.25, -0.2) is 4.79 Å². The molecule has 1 unspecified atom stereocenters. The number of rotatable bonds is 2. The molecule has 0 aromatic carbocycles. The monoisotopic (exact) mass is 304 g/mol. The first-order valence-corrected chi connectivity index (χ1v) is 7.75. The van der Waals surface area contributed by atoms with Gasteiger partial charge in [0, 0.05) is 13.1 Å². The van der Waals surface area contributed by atoms with Crippen molar-refractivity contribution in [3.05, 3.63) is 29.1 Å². The van der Waals surface area contributed by atoms with Gasteiger partial charge in [-0.1, -0.05) is 6.42 Å². The second-order valence-electron chi connectivity index (χ2n) is 6.77. The topological polar surface area (TPSA) is 68.3 Å². The van der Waals surface area contributed by atoms with Gasteiger partial charge in [0.25, 0.3) is 0 Å². The molecule has 1 aromatic rings. The molecule has 0 spiro atoms. The third kappa shape index (κ3) is 4.29. The molecule has 22 heavy (non-hydrogen) atoms. The van der Waals surface area contributed by atoms with Crippen molar-refractivity contribution >= 4 is 11.9 Å². The van der Waals surface area contributed by atoms with E-state index in [0.29, 0.717) is 5.69 Å². The summed E-state index contributed by atoms with van der Waals surface area (Å²) in [4.78, 5) is 27.7. The van der Waals surface area contributed by atoms with E-state index < -0.39 is 11.7 Å². The van der Waals surface area contributed by atoms with Crippen molar-refractivity contribution in [1.82, 2.24) is 10.3 Å². The Labute approximate surface area is 131 Å². The molecular formula is C17H24N2O3. The predicted molar refractivity (Wildman–Crippen MR) is 83.9 cm³/mol. The van der Waals surface area contributed by atoms with Crippen LogP contribution in [0.4, 0.5) is 4.79 Å². The summed E-state index contributed by atoms with van der Waals surface area (Å²) in [5, 5.41) is 2.93. The third-order valence-corrected chi connectivity index (χ3v) is 3.64. The molecule has 1 heterocycles. The zero-order valence-electron chi connectivity index (χ0n) is 13.7. The molecule has 1 aliphatic rings. The first kappa shape index (κ1) is 16.5. The molecule has 1 aliphatic carbocycles. The summed E-state index contributed by atoms with van der Waals surface area (Å²) < 4.78 is 5.33. The van der Waals surface area contributed by atoms with E-state index in [2.05, 4.69) is 10.3 Å². The van der Waals surface area contributed by atoms with E-state index in [9.17, 15) is 9.59 Å². The average molecular weight is 304 g/mol. The lowest BCUT2D eigenvalue weighted by molar-refractivity contribution is 0.0500. The van der Waals surface area contributed by atoms with E-state index in [1.807, 2.05) is 26.8 Å². The minimum absolute atomic E-state index is 0.0382. The summed E-state index contributed by atoms with van der Waals surface area (Å²) in [6.45, 7) is 7.04. The van der Waals surface area contributed by atoms with Crippen molar-refractivity contribution in [2.45, 2.75) is 65.0 Å². The number of pyridine rings is 1. The molecular weight excluding hydrogens is 280 g/mol. The van der Waals surface area contributed by atoms with Gasteiger partial charge >= 0.3 is 6.09 Å². The normalized spacial score (nSPS) is 18.1. The molecule has 1 N–H and O–H groups in total. The van der Waals surface area contributed by atoms with Crippen LogP contribution in [0.15, 0.2) is 12.3 Å². The lowest BCUT2D eigenvalue weighted by Gasteiger charge is -2.24. The summed E-state index contributed by atoms with van der Waals surface area (Å²) >= 11 is 0. The Bertz CT molecular complexity index is 576. The van der Waals surface area contributed by atoms with Crippen LogP contribution in [0.2, 0.25) is 0 Å². The van der Waals surface area contributed by atoms with Gasteiger partial charge in [-0.2, -0.15) is 0 Å². The number of carbonyl (C=O) groups is 2. The zero-order valence-corrected chi connectivity index (χ0v) is 13.7. The molecule has 2 rings (SSSR count). The first-order chi connectivity index (χ1) is 10.3. The summed E-state index contributed by atoms with van der Waals surface area (Å²) in [5.74, 6) is -0.0382. The minimum atomic E-state index is -0.519. The van der Waals surface area contributed by atoms with Crippen molar-refractivity contribution in [2.24, 2.45) is 0 Å². The number of nitrogens with zero attached hydrogens (tertiary/aromatic N) is 1. The fourth-order valence-corrected chi connectivity index (χ4v) is 2.65. The largest absolute Gasteiger partial charge is 0.444 e. The van der Waals surface area contributed by atoms with Crippen molar-refractivity contribution in [1.29, 1.82) is 0 Å². The fraction of sp³-hybridized carbons (Fsp3) is 0.588. The van der Waals surface area contributed by atoms with E-state index in [1.165, 1.54) is 6.92 Å². The quantitative estimate of drug-likeness (QED) is 0.670. The van der Waals surface area contributed by atoms with Crippen LogP contribution >= 0.6 is 0 Å². The van der Waals surface area contributed by atoms with Crippen LogP contribution < -0.4 is 5.32 Å². The maximum absolute atomic E-state index is 12.0. The Kier molecular flexibility index (Phi) is 4.84. The molecule has 1 aromatic heterocycles. The van der Waals surface area contributed by atoms with Crippen LogP contribution in [0.1, 0.15) is 74.6 Å². The predicted octanol–water partition coefficient (Wildman–Crippen LogP) is 3.58. The third-order valence-electron chi connectivity index (χ3n) is 3.64. The van der Waals surface area contributed by atoms with Crippen LogP contribution in [-0.4, -0.2) is 22.5 Å². The Balaban J connectivity index is 2.20. The lowest BCUT2D eigenvalue weighted by Crippen LogP contribution is -2.35. The number of alkyl carbamates (subject to hydrolysis) is 1. The Morgan fingerprint density at radius 1 is 1.32 bits per heavy atom. The van der Waals surface area contributed by atoms with Gasteiger partial charge in [-0.05, 0) is 57.2 Å². The Morgan fingerprint density at radius 2 is 2.05 bits per heavy atom. The van der Waals surface area contributed by atoms with Crippen LogP contribution in [0, 0.1) is 0 Å². The zero-order chi connectivity index (χ0) is 16.3. The molecule has 1 atom stereocenters. The van der Waals surface area contributed by atoms with Gasteiger partial charge in [0.05, 0.1) is 6.04 Å². The maximum atomic E-state index is 12.0. The Hall–Kier alpha value is -1.91. The molecule has 120 valence electrons. The second kappa shape index (κ2) is 6.46. The van der Waals surface area contributed by atoms with Crippen LogP contribution in [0.3, 0.4) is 0 Å². The molecule has 0 fully saturated rings. The van der Waals surface area contributed by atoms with Gasteiger partial charge < -0.3 is 10.1 Å². The average Bonchev–Trinajstić information content (AvgIpc) is 2.58. The highest BCUT2D eigenvalue weighted by Gasteiger charge is 2.24. The molecule has 1 amide bonds. The number of nitrogens with one attached hydrogen (secondary N) is 1. The number of aromatic nitrogens is 1. The van der Waals surface area contributed by atoms with Crippen molar-refractivity contribution < 1.29 is 14.3 Å². The number of amides is 1. The van der Waals surface area contributed by atoms with E-state index in [4.69, 9.17) is 4.74 Å². The number of hydrogen-bond acceptors (Lipinski definition) is 4. The van der Waals surface area contributed by atoms with Gasteiger partial charge in [0.1, 0.15) is 11.3 Å². The van der Waals surface area contributed by atoms with Gasteiger partial charge in [0.15, 0.2) is 5.78 Å². The summed E-state index contributed by atoms with van der Waals surface area (Å²) in [6.07, 6.45) is 5.13. The number of carbonyl (C=O) groups excluding carboxylic acids is 2. The van der Waals surface area contributed by atoms with Crippen molar-refractivity contribution in [3.8, 4) is 0 Å². The van der Waals surface area contributed by atoms with E-state index >= 15 is 0 Å². The molecule has 0 radical (unpaired) electrons. The highest BCUT2D eigenvalue weighted by Crippen LogP contribution is 2.29. The van der Waals surface area contributed by atoms with Crippen molar-refractivity contribution in [3.63, 3.8) is 0 Å². The summed E-state index contributed by atoms with van der Waals surface area (Å²) in [5.41, 5.74) is 2.05. The fourth-order valence-electron chi connectivity index (χ4n) is 2.65. The number of fused-ring (bicyclic) bond motifs is 1. The van der Waals surface area contributed by atoms with Gasteiger partial charge in [0.2, 0.25) is 0 Å². The molecule has 0 bridgehead atoms. The SMILES string of the molecule is CC(=O)c1cc2c(cn1)C(NC(=O)OC(C)(C)C)CCCC2. The van der Waals surface area contributed by atoms with E-state index in [-0.39, 0.29) is 11.8 Å². The molecule has 0 saturated heterocycles. The van der Waals surface area contributed by atoms with Crippen LogP contribution in [-0.2, 0) is 11.2 Å². The second-order valence-corrected chi connectivity index (χ2v) is 6.77. The lowest BCUT2D eigenvalue weighted by atomic mass is 10.00. The number of aryl methyl sites for hydroxylation is 1. The number of hydrogen-bond donors (Lipinski definition) is 1. The number of Topliss-reactive ketones (excluding diaryl/α,β-unsaturated/α-hetero) is 1. The number of ether oxygens (including phenoxy) is 1. The first-order valence-electron chi connectivity index (χ1n) is 7.75. The molecule has 5 heteroatoms.